The van der Waals surface area contributed by atoms with Gasteiger partial charge in [0.2, 0.25) is 0 Å². The van der Waals surface area contributed by atoms with Gasteiger partial charge in [0, 0.05) is 19.2 Å². The molecule has 0 bridgehead atoms. The first-order valence-electron chi connectivity index (χ1n) is 9.77. The Balaban J connectivity index is 1.80. The highest BCUT2D eigenvalue weighted by Gasteiger charge is 2.56. The maximum absolute atomic E-state index is 13.2. The summed E-state index contributed by atoms with van der Waals surface area (Å²) in [6, 6.07) is -0.386. The number of carbonyl (C=O) groups excluding carboxylic acids is 3. The van der Waals surface area contributed by atoms with E-state index in [1.54, 1.807) is 7.05 Å². The molecule has 0 aromatic rings. The van der Waals surface area contributed by atoms with Gasteiger partial charge in [0.05, 0.1) is 6.54 Å². The molecule has 146 valence electrons. The first-order chi connectivity index (χ1) is 12.9. The number of allylic oxidation sites excluding steroid dienone is 4. The lowest BCUT2D eigenvalue weighted by Gasteiger charge is -2.37. The Bertz CT molecular complexity index is 737. The minimum atomic E-state index is -0.891. The van der Waals surface area contributed by atoms with Crippen LogP contribution in [0.4, 0.5) is 4.79 Å². The number of hydrogen-bond donors (Lipinski definition) is 1. The molecule has 2 atom stereocenters. The van der Waals surface area contributed by atoms with Gasteiger partial charge in [-0.2, -0.15) is 0 Å². The molecule has 0 aromatic carbocycles. The highest BCUT2D eigenvalue weighted by molar-refractivity contribution is 6.11. The molecule has 1 aliphatic heterocycles. The van der Waals surface area contributed by atoms with E-state index >= 15 is 0 Å². The van der Waals surface area contributed by atoms with Crippen molar-refractivity contribution in [2.45, 2.75) is 51.0 Å². The van der Waals surface area contributed by atoms with E-state index in [2.05, 4.69) is 12.2 Å². The number of amides is 3. The third-order valence-electron chi connectivity index (χ3n) is 6.27. The van der Waals surface area contributed by atoms with Crippen LogP contribution in [-0.2, 0) is 9.59 Å². The Morgan fingerprint density at radius 1 is 1.30 bits per heavy atom. The van der Waals surface area contributed by atoms with Crippen molar-refractivity contribution in [1.29, 1.82) is 0 Å². The Morgan fingerprint density at radius 2 is 2.07 bits per heavy atom. The monoisotopic (exact) mass is 371 g/mol. The van der Waals surface area contributed by atoms with Crippen molar-refractivity contribution in [1.82, 2.24) is 9.80 Å². The summed E-state index contributed by atoms with van der Waals surface area (Å²) < 4.78 is 0. The molecule has 2 N–H and O–H groups in total. The van der Waals surface area contributed by atoms with E-state index in [9.17, 15) is 14.4 Å². The third kappa shape index (κ3) is 3.50. The average Bonchev–Trinajstić information content (AvgIpc) is 2.89. The number of nitrogens with two attached hydrogens (primary N) is 1. The summed E-state index contributed by atoms with van der Waals surface area (Å²) >= 11 is 0. The first kappa shape index (κ1) is 19.5. The molecular formula is C21H29N3O3. The lowest BCUT2D eigenvalue weighted by atomic mass is 9.77. The predicted octanol–water partition coefficient (Wildman–Crippen LogP) is 2.56. The van der Waals surface area contributed by atoms with Crippen LogP contribution < -0.4 is 5.73 Å². The summed E-state index contributed by atoms with van der Waals surface area (Å²) in [6.45, 7) is 2.04. The van der Waals surface area contributed by atoms with Crippen LogP contribution in [0, 0.1) is 5.92 Å². The van der Waals surface area contributed by atoms with Gasteiger partial charge in [-0.05, 0) is 51.4 Å². The van der Waals surface area contributed by atoms with Crippen molar-refractivity contribution in [3.63, 3.8) is 0 Å². The van der Waals surface area contributed by atoms with Crippen LogP contribution in [0.2, 0.25) is 0 Å². The standard InChI is InChI=1S/C21H29N3O3/c1-21(17-10-4-3-5-11-17)19(26)24(20(27)23(21)2)14-18(25)16-9-7-6-8-15(12-16)13-22/h3-4,9,12,17H,5-8,10-11,13-14,22H2,1-2H3. The molecule has 0 aromatic heterocycles. The van der Waals surface area contributed by atoms with Gasteiger partial charge >= 0.3 is 6.03 Å². The largest absolute Gasteiger partial charge is 0.327 e. The Labute approximate surface area is 160 Å². The van der Waals surface area contributed by atoms with Crippen LogP contribution in [0.3, 0.4) is 0 Å². The van der Waals surface area contributed by atoms with E-state index in [4.69, 9.17) is 5.73 Å². The van der Waals surface area contributed by atoms with Gasteiger partial charge in [-0.1, -0.05) is 29.9 Å². The van der Waals surface area contributed by atoms with Crippen LogP contribution in [0.15, 0.2) is 35.5 Å². The number of Topliss-reactive ketones (excluding diaryl/α,β-unsaturated/α-hetero) is 1. The van der Waals surface area contributed by atoms with Gasteiger partial charge in [-0.3, -0.25) is 14.5 Å². The molecule has 3 aliphatic rings. The molecule has 2 aliphatic carbocycles. The van der Waals surface area contributed by atoms with Crippen molar-refractivity contribution in [2.75, 3.05) is 20.1 Å². The Kier molecular flexibility index (Phi) is 5.65. The summed E-state index contributed by atoms with van der Waals surface area (Å²) in [5.41, 5.74) is 6.44. The number of ketones is 1. The first-order valence-corrected chi connectivity index (χ1v) is 9.77. The van der Waals surface area contributed by atoms with Crippen LogP contribution >= 0.6 is 0 Å². The number of likely N-dealkylation sites (N-methyl/N-ethyl adjacent to an activating group) is 1. The summed E-state index contributed by atoms with van der Waals surface area (Å²) in [5.74, 6) is -0.392. The van der Waals surface area contributed by atoms with Crippen molar-refractivity contribution in [3.8, 4) is 0 Å². The number of rotatable bonds is 5. The van der Waals surface area contributed by atoms with E-state index in [0.717, 1.165) is 49.0 Å². The van der Waals surface area contributed by atoms with Crippen molar-refractivity contribution >= 4 is 17.7 Å². The van der Waals surface area contributed by atoms with Crippen LogP contribution in [0.1, 0.15) is 45.4 Å². The number of urea groups is 1. The summed E-state index contributed by atoms with van der Waals surface area (Å²) in [4.78, 5) is 41.4. The lowest BCUT2D eigenvalue weighted by molar-refractivity contribution is -0.136. The molecule has 1 fully saturated rings. The summed E-state index contributed by atoms with van der Waals surface area (Å²) in [5, 5.41) is 0. The SMILES string of the molecule is CN1C(=O)N(CC(=O)C2=CCCCC(CN)=C2)C(=O)C1(C)C1CC=CCC1. The van der Waals surface area contributed by atoms with Crippen LogP contribution in [-0.4, -0.2) is 53.2 Å². The maximum Gasteiger partial charge on any atom is 0.327 e. The summed E-state index contributed by atoms with van der Waals surface area (Å²) in [7, 11) is 1.67. The minimum Gasteiger partial charge on any atom is -0.327 e. The molecule has 3 amide bonds. The molecule has 1 saturated heterocycles. The zero-order valence-corrected chi connectivity index (χ0v) is 16.2. The highest BCUT2D eigenvalue weighted by Crippen LogP contribution is 2.39. The average molecular weight is 371 g/mol. The van der Waals surface area contributed by atoms with E-state index in [1.165, 1.54) is 4.90 Å². The number of hydrogen-bond acceptors (Lipinski definition) is 4. The second-order valence-corrected chi connectivity index (χ2v) is 7.84. The quantitative estimate of drug-likeness (QED) is 0.595. The fourth-order valence-corrected chi connectivity index (χ4v) is 4.30. The Hall–Kier alpha value is -2.21. The predicted molar refractivity (Wildman–Crippen MR) is 104 cm³/mol. The molecule has 27 heavy (non-hydrogen) atoms. The van der Waals surface area contributed by atoms with E-state index in [1.807, 2.05) is 19.1 Å². The second-order valence-electron chi connectivity index (χ2n) is 7.84. The van der Waals surface area contributed by atoms with Gasteiger partial charge in [0.1, 0.15) is 5.54 Å². The fourth-order valence-electron chi connectivity index (χ4n) is 4.30. The van der Waals surface area contributed by atoms with E-state index in [-0.39, 0.29) is 30.2 Å². The maximum atomic E-state index is 13.2. The minimum absolute atomic E-state index is 0.0740. The number of nitrogens with zero attached hydrogens (tertiary/aromatic N) is 2. The molecular weight excluding hydrogens is 342 g/mol. The zero-order valence-electron chi connectivity index (χ0n) is 16.2. The second kappa shape index (κ2) is 7.80. The topological polar surface area (TPSA) is 83.7 Å². The molecule has 1 heterocycles. The van der Waals surface area contributed by atoms with Crippen molar-refractivity contribution in [2.24, 2.45) is 11.7 Å². The molecule has 2 unspecified atom stereocenters. The van der Waals surface area contributed by atoms with Crippen molar-refractivity contribution in [3.05, 3.63) is 35.5 Å². The smallest absolute Gasteiger partial charge is 0.327 e. The van der Waals surface area contributed by atoms with Gasteiger partial charge in [0.25, 0.3) is 5.91 Å². The third-order valence-corrected chi connectivity index (χ3v) is 6.27. The van der Waals surface area contributed by atoms with Crippen LogP contribution in [0.5, 0.6) is 0 Å². The fraction of sp³-hybridized carbons (Fsp3) is 0.571. The molecule has 0 radical (unpaired) electrons. The molecule has 0 saturated carbocycles. The molecule has 0 spiro atoms. The highest BCUT2D eigenvalue weighted by atomic mass is 16.2. The normalized spacial score (nSPS) is 28.9. The number of imide groups is 1. The van der Waals surface area contributed by atoms with Crippen LogP contribution in [0.25, 0.3) is 0 Å². The molecule has 3 rings (SSSR count). The lowest BCUT2D eigenvalue weighted by Crippen LogP contribution is -2.51. The van der Waals surface area contributed by atoms with Gasteiger partial charge in [-0.15, -0.1) is 0 Å². The number of carbonyl (C=O) groups is 3. The van der Waals surface area contributed by atoms with Gasteiger partial charge in [0.15, 0.2) is 5.78 Å². The van der Waals surface area contributed by atoms with Gasteiger partial charge < -0.3 is 10.6 Å². The van der Waals surface area contributed by atoms with E-state index < -0.39 is 5.54 Å². The van der Waals surface area contributed by atoms with E-state index in [0.29, 0.717) is 12.1 Å². The van der Waals surface area contributed by atoms with Gasteiger partial charge in [-0.25, -0.2) is 4.79 Å². The molecule has 6 nitrogen and oxygen atoms in total. The summed E-state index contributed by atoms with van der Waals surface area (Å²) in [6.07, 6.45) is 13.1. The molecule has 6 heteroatoms. The van der Waals surface area contributed by atoms with Crippen molar-refractivity contribution < 1.29 is 14.4 Å². The zero-order chi connectivity index (χ0) is 19.6. The Morgan fingerprint density at radius 3 is 2.74 bits per heavy atom.